The molecule has 4 heteroatoms. The molecule has 0 saturated carbocycles. The van der Waals surface area contributed by atoms with Gasteiger partial charge in [-0.15, -0.1) is 0 Å². The van der Waals surface area contributed by atoms with Gasteiger partial charge in [0.25, 0.3) is 0 Å². The molecule has 0 aromatic heterocycles. The first-order valence-corrected chi connectivity index (χ1v) is 8.35. The number of carbonyl (C=O) groups is 1. The van der Waals surface area contributed by atoms with Gasteiger partial charge in [-0.05, 0) is 43.1 Å². The molecule has 0 unspecified atom stereocenters. The highest BCUT2D eigenvalue weighted by atomic mass is 35.5. The van der Waals surface area contributed by atoms with E-state index in [1.165, 1.54) is 11.1 Å². The smallest absolute Gasteiger partial charge is 0.225 e. The molecule has 1 aliphatic rings. The molecule has 2 aromatic rings. The fraction of sp³-hybridized carbons (Fsp3) is 0.316. The summed E-state index contributed by atoms with van der Waals surface area (Å²) in [6.45, 7) is 0.731. The molecule has 0 spiro atoms. The third kappa shape index (κ3) is 3.74. The Hall–Kier alpha value is -1.84. The van der Waals surface area contributed by atoms with Crippen LogP contribution < -0.4 is 5.32 Å². The lowest BCUT2D eigenvalue weighted by molar-refractivity contribution is -0.116. The van der Waals surface area contributed by atoms with Gasteiger partial charge in [0.15, 0.2) is 0 Å². The number of hydrogen-bond acceptors (Lipinski definition) is 2. The van der Waals surface area contributed by atoms with Crippen LogP contribution in [0.3, 0.4) is 0 Å². The summed E-state index contributed by atoms with van der Waals surface area (Å²) in [5.41, 5.74) is 3.51. The lowest BCUT2D eigenvalue weighted by Gasteiger charge is -2.25. The number of amides is 1. The van der Waals surface area contributed by atoms with Crippen LogP contribution in [0.2, 0.25) is 5.02 Å². The Labute approximate surface area is 142 Å². The quantitative estimate of drug-likeness (QED) is 0.888. The van der Waals surface area contributed by atoms with Crippen molar-refractivity contribution < 1.29 is 4.79 Å². The van der Waals surface area contributed by atoms with Crippen molar-refractivity contribution in [1.82, 2.24) is 4.90 Å². The van der Waals surface area contributed by atoms with Crippen molar-refractivity contribution in [3.05, 3.63) is 64.7 Å². The largest absolute Gasteiger partial charge is 0.325 e. The number of carbonyl (C=O) groups excluding carboxylic acids is 1. The summed E-state index contributed by atoms with van der Waals surface area (Å²) in [6, 6.07) is 16.3. The monoisotopic (exact) mass is 328 g/mol. The van der Waals surface area contributed by atoms with E-state index in [0.717, 1.165) is 19.4 Å². The zero-order chi connectivity index (χ0) is 16.2. The highest BCUT2D eigenvalue weighted by molar-refractivity contribution is 6.33. The van der Waals surface area contributed by atoms with E-state index in [9.17, 15) is 4.79 Å². The molecule has 0 fully saturated rings. The molecule has 0 heterocycles. The number of rotatable bonds is 5. The van der Waals surface area contributed by atoms with Crippen molar-refractivity contribution >= 4 is 23.2 Å². The first-order valence-electron chi connectivity index (χ1n) is 7.97. The van der Waals surface area contributed by atoms with Crippen LogP contribution in [0.5, 0.6) is 0 Å². The molecular formula is C19H21ClN2O. The standard InChI is InChI=1S/C19H21ClN2O/c1-22(18-11-10-14-6-2-3-7-15(14)18)13-12-19(23)21-17-9-5-4-8-16(17)20/h2-9,18H,10-13H2,1H3,(H,21,23)/t18-/m1/s1. The fourth-order valence-corrected chi connectivity index (χ4v) is 3.38. The predicted octanol–water partition coefficient (Wildman–Crippen LogP) is 4.29. The summed E-state index contributed by atoms with van der Waals surface area (Å²) in [4.78, 5) is 14.4. The molecule has 1 amide bonds. The number of para-hydroxylation sites is 1. The molecule has 1 N–H and O–H groups in total. The minimum Gasteiger partial charge on any atom is -0.325 e. The molecule has 3 rings (SSSR count). The average molecular weight is 329 g/mol. The molecule has 23 heavy (non-hydrogen) atoms. The van der Waals surface area contributed by atoms with E-state index >= 15 is 0 Å². The van der Waals surface area contributed by atoms with Crippen molar-refractivity contribution in [2.75, 3.05) is 18.9 Å². The van der Waals surface area contributed by atoms with E-state index < -0.39 is 0 Å². The van der Waals surface area contributed by atoms with Crippen LogP contribution in [0, 0.1) is 0 Å². The zero-order valence-corrected chi connectivity index (χ0v) is 14.0. The van der Waals surface area contributed by atoms with Gasteiger partial charge < -0.3 is 5.32 Å². The van der Waals surface area contributed by atoms with Crippen molar-refractivity contribution in [1.29, 1.82) is 0 Å². The van der Waals surface area contributed by atoms with Crippen molar-refractivity contribution in [2.24, 2.45) is 0 Å². The van der Waals surface area contributed by atoms with Crippen molar-refractivity contribution in [3.8, 4) is 0 Å². The highest BCUT2D eigenvalue weighted by Gasteiger charge is 2.25. The Morgan fingerprint density at radius 2 is 1.96 bits per heavy atom. The van der Waals surface area contributed by atoms with Gasteiger partial charge in [0.05, 0.1) is 10.7 Å². The Balaban J connectivity index is 1.54. The third-order valence-corrected chi connectivity index (χ3v) is 4.80. The van der Waals surface area contributed by atoms with E-state index in [4.69, 9.17) is 11.6 Å². The van der Waals surface area contributed by atoms with Gasteiger partial charge in [-0.1, -0.05) is 48.0 Å². The summed E-state index contributed by atoms with van der Waals surface area (Å²) in [5, 5.41) is 3.45. The van der Waals surface area contributed by atoms with Crippen LogP contribution in [0.1, 0.15) is 30.0 Å². The molecule has 0 bridgehead atoms. The number of anilines is 1. The molecule has 0 radical (unpaired) electrons. The molecular weight excluding hydrogens is 308 g/mol. The van der Waals surface area contributed by atoms with Gasteiger partial charge in [-0.2, -0.15) is 0 Å². The molecule has 0 saturated heterocycles. The van der Waals surface area contributed by atoms with Gasteiger partial charge >= 0.3 is 0 Å². The minimum atomic E-state index is -0.00349. The molecule has 1 aliphatic carbocycles. The lowest BCUT2D eigenvalue weighted by atomic mass is 10.1. The molecule has 2 aromatic carbocycles. The number of halogens is 1. The Kier molecular flexibility index (Phi) is 4.99. The molecule has 0 aliphatic heterocycles. The minimum absolute atomic E-state index is 0.00349. The van der Waals surface area contributed by atoms with Crippen molar-refractivity contribution in [2.45, 2.75) is 25.3 Å². The maximum Gasteiger partial charge on any atom is 0.225 e. The summed E-state index contributed by atoms with van der Waals surface area (Å²) >= 11 is 6.07. The third-order valence-electron chi connectivity index (χ3n) is 4.47. The van der Waals surface area contributed by atoms with Gasteiger partial charge in [-0.25, -0.2) is 0 Å². The summed E-state index contributed by atoms with van der Waals surface area (Å²) in [6.07, 6.45) is 2.71. The fourth-order valence-electron chi connectivity index (χ4n) is 3.20. The van der Waals surface area contributed by atoms with Crippen LogP contribution in [-0.4, -0.2) is 24.4 Å². The summed E-state index contributed by atoms with van der Waals surface area (Å²) < 4.78 is 0. The summed E-state index contributed by atoms with van der Waals surface area (Å²) in [5.74, 6) is -0.00349. The van der Waals surface area contributed by atoms with Gasteiger partial charge in [-0.3, -0.25) is 9.69 Å². The maximum absolute atomic E-state index is 12.1. The van der Waals surface area contributed by atoms with Gasteiger partial charge in [0, 0.05) is 19.0 Å². The van der Waals surface area contributed by atoms with E-state index in [-0.39, 0.29) is 5.91 Å². The number of nitrogens with zero attached hydrogens (tertiary/aromatic N) is 1. The van der Waals surface area contributed by atoms with E-state index in [1.54, 1.807) is 6.07 Å². The average Bonchev–Trinajstić information content (AvgIpc) is 2.99. The normalized spacial score (nSPS) is 16.4. The number of hydrogen-bond donors (Lipinski definition) is 1. The molecule has 120 valence electrons. The van der Waals surface area contributed by atoms with Crippen LogP contribution >= 0.6 is 11.6 Å². The van der Waals surface area contributed by atoms with Crippen LogP contribution in [0.25, 0.3) is 0 Å². The van der Waals surface area contributed by atoms with Crippen LogP contribution in [0.4, 0.5) is 5.69 Å². The highest BCUT2D eigenvalue weighted by Crippen LogP contribution is 2.34. The molecule has 3 nitrogen and oxygen atoms in total. The zero-order valence-electron chi connectivity index (χ0n) is 13.3. The summed E-state index contributed by atoms with van der Waals surface area (Å²) in [7, 11) is 2.09. The number of fused-ring (bicyclic) bond motifs is 1. The maximum atomic E-state index is 12.1. The van der Waals surface area contributed by atoms with Crippen LogP contribution in [-0.2, 0) is 11.2 Å². The van der Waals surface area contributed by atoms with E-state index in [0.29, 0.717) is 23.2 Å². The number of nitrogens with one attached hydrogen (secondary N) is 1. The van der Waals surface area contributed by atoms with Gasteiger partial charge in [0.2, 0.25) is 5.91 Å². The molecule has 1 atom stereocenters. The SMILES string of the molecule is CN(CCC(=O)Nc1ccccc1Cl)[C@@H]1CCc2ccccc21. The number of aryl methyl sites for hydroxylation is 1. The van der Waals surface area contributed by atoms with Crippen molar-refractivity contribution in [3.63, 3.8) is 0 Å². The first-order chi connectivity index (χ1) is 11.1. The number of benzene rings is 2. The van der Waals surface area contributed by atoms with Gasteiger partial charge in [0.1, 0.15) is 0 Å². The second-order valence-electron chi connectivity index (χ2n) is 6.01. The Morgan fingerprint density at radius 1 is 1.22 bits per heavy atom. The Morgan fingerprint density at radius 3 is 2.78 bits per heavy atom. The Bertz CT molecular complexity index is 701. The predicted molar refractivity (Wildman–Crippen MR) is 94.8 cm³/mol. The second kappa shape index (κ2) is 7.16. The first kappa shape index (κ1) is 16.0. The van der Waals surface area contributed by atoms with E-state index in [2.05, 4.69) is 41.5 Å². The lowest BCUT2D eigenvalue weighted by Crippen LogP contribution is -2.27. The van der Waals surface area contributed by atoms with Crippen LogP contribution in [0.15, 0.2) is 48.5 Å². The topological polar surface area (TPSA) is 32.3 Å². The second-order valence-corrected chi connectivity index (χ2v) is 6.42. The van der Waals surface area contributed by atoms with E-state index in [1.807, 2.05) is 18.2 Å².